The average molecular weight is 287 g/mol. The first-order valence-corrected chi connectivity index (χ1v) is 8.19. The van der Waals surface area contributed by atoms with Gasteiger partial charge in [0.15, 0.2) is 0 Å². The number of nitrogens with one attached hydrogen (secondary N) is 1. The van der Waals surface area contributed by atoms with Gasteiger partial charge in [0.2, 0.25) is 0 Å². The van der Waals surface area contributed by atoms with Crippen LogP contribution in [0, 0.1) is 6.92 Å². The van der Waals surface area contributed by atoms with E-state index in [0.29, 0.717) is 13.1 Å². The van der Waals surface area contributed by atoms with Crippen molar-refractivity contribution in [2.24, 2.45) is 0 Å². The van der Waals surface area contributed by atoms with Crippen LogP contribution in [0.25, 0.3) is 0 Å². The molecule has 6 heteroatoms. The van der Waals surface area contributed by atoms with Crippen LogP contribution < -0.4 is 10.1 Å². The molecule has 0 spiro atoms. The Labute approximate surface area is 114 Å². The summed E-state index contributed by atoms with van der Waals surface area (Å²) in [5.41, 5.74) is 1.10. The normalized spacial score (nSPS) is 13.2. The standard InChI is InChI=1S/C13H21NO4S/c1-11-4-3-5-13(8-11)18-10-12(15)9-14-6-7-19(2,16)17/h3-5,8,12,14-15H,6-7,9-10H2,1-2H3. The number of aliphatic hydroxyl groups is 1. The van der Waals surface area contributed by atoms with Crippen LogP contribution in [0.4, 0.5) is 0 Å². The van der Waals surface area contributed by atoms with Gasteiger partial charge in [0.05, 0.1) is 5.75 Å². The van der Waals surface area contributed by atoms with Crippen LogP contribution in [0.2, 0.25) is 0 Å². The fourth-order valence-corrected chi connectivity index (χ4v) is 2.00. The summed E-state index contributed by atoms with van der Waals surface area (Å²) in [6, 6.07) is 7.58. The van der Waals surface area contributed by atoms with E-state index < -0.39 is 15.9 Å². The fourth-order valence-electron chi connectivity index (χ4n) is 1.48. The Morgan fingerprint density at radius 2 is 2.16 bits per heavy atom. The highest BCUT2D eigenvalue weighted by Gasteiger charge is 2.06. The lowest BCUT2D eigenvalue weighted by molar-refractivity contribution is 0.107. The minimum Gasteiger partial charge on any atom is -0.491 e. The first kappa shape index (κ1) is 15.9. The molecule has 0 saturated heterocycles. The van der Waals surface area contributed by atoms with Gasteiger partial charge in [-0.3, -0.25) is 0 Å². The van der Waals surface area contributed by atoms with Crippen molar-refractivity contribution in [2.75, 3.05) is 31.7 Å². The second-order valence-corrected chi connectivity index (χ2v) is 6.88. The van der Waals surface area contributed by atoms with Crippen LogP contribution in [0.3, 0.4) is 0 Å². The lowest BCUT2D eigenvalue weighted by atomic mass is 10.2. The Morgan fingerprint density at radius 1 is 1.42 bits per heavy atom. The summed E-state index contributed by atoms with van der Waals surface area (Å²) in [6.07, 6.45) is 0.520. The third-order valence-corrected chi connectivity index (χ3v) is 3.41. The van der Waals surface area contributed by atoms with Crippen LogP contribution in [-0.2, 0) is 9.84 Å². The quantitative estimate of drug-likeness (QED) is 0.676. The van der Waals surface area contributed by atoms with Crippen molar-refractivity contribution in [1.82, 2.24) is 5.32 Å². The lowest BCUT2D eigenvalue weighted by Gasteiger charge is -2.13. The molecule has 0 aliphatic rings. The average Bonchev–Trinajstić information content (AvgIpc) is 2.31. The zero-order valence-electron chi connectivity index (χ0n) is 11.3. The van der Waals surface area contributed by atoms with E-state index >= 15 is 0 Å². The largest absolute Gasteiger partial charge is 0.491 e. The zero-order chi connectivity index (χ0) is 14.3. The molecule has 1 aromatic rings. The summed E-state index contributed by atoms with van der Waals surface area (Å²) in [6.45, 7) is 2.78. The molecular formula is C13H21NO4S. The van der Waals surface area contributed by atoms with Gasteiger partial charge in [-0.25, -0.2) is 8.42 Å². The highest BCUT2D eigenvalue weighted by Crippen LogP contribution is 2.12. The summed E-state index contributed by atoms with van der Waals surface area (Å²) in [7, 11) is -2.96. The Morgan fingerprint density at radius 3 is 2.79 bits per heavy atom. The van der Waals surface area contributed by atoms with E-state index in [1.165, 1.54) is 6.26 Å². The Bertz CT molecular complexity index is 487. The molecule has 1 atom stereocenters. The van der Waals surface area contributed by atoms with Crippen LogP contribution >= 0.6 is 0 Å². The van der Waals surface area contributed by atoms with Gasteiger partial charge in [-0.15, -0.1) is 0 Å². The SMILES string of the molecule is Cc1cccc(OCC(O)CNCCS(C)(=O)=O)c1. The Hall–Kier alpha value is -1.11. The molecule has 0 heterocycles. The summed E-state index contributed by atoms with van der Waals surface area (Å²) in [4.78, 5) is 0. The summed E-state index contributed by atoms with van der Waals surface area (Å²) in [5.74, 6) is 0.786. The van der Waals surface area contributed by atoms with Gasteiger partial charge in [0.1, 0.15) is 28.3 Å². The van der Waals surface area contributed by atoms with Gasteiger partial charge < -0.3 is 15.2 Å². The molecule has 0 fully saturated rings. The molecule has 0 aliphatic heterocycles. The van der Waals surface area contributed by atoms with E-state index in [1.54, 1.807) is 0 Å². The number of benzene rings is 1. The molecule has 0 saturated carbocycles. The molecule has 108 valence electrons. The molecule has 5 nitrogen and oxygen atoms in total. The van der Waals surface area contributed by atoms with Crippen molar-refractivity contribution in [3.05, 3.63) is 29.8 Å². The Kier molecular flexibility index (Phi) is 6.27. The van der Waals surface area contributed by atoms with Crippen LogP contribution in [0.1, 0.15) is 5.56 Å². The molecule has 0 radical (unpaired) electrons. The number of hydrogen-bond acceptors (Lipinski definition) is 5. The van der Waals surface area contributed by atoms with E-state index in [1.807, 2.05) is 31.2 Å². The van der Waals surface area contributed by atoms with Gasteiger partial charge in [-0.05, 0) is 24.6 Å². The molecule has 2 N–H and O–H groups in total. The van der Waals surface area contributed by atoms with Crippen molar-refractivity contribution in [3.63, 3.8) is 0 Å². The molecule has 1 aromatic carbocycles. The maximum Gasteiger partial charge on any atom is 0.148 e. The smallest absolute Gasteiger partial charge is 0.148 e. The van der Waals surface area contributed by atoms with Gasteiger partial charge in [-0.1, -0.05) is 12.1 Å². The van der Waals surface area contributed by atoms with Crippen molar-refractivity contribution < 1.29 is 18.3 Å². The van der Waals surface area contributed by atoms with E-state index in [9.17, 15) is 13.5 Å². The number of ether oxygens (including phenoxy) is 1. The molecule has 19 heavy (non-hydrogen) atoms. The third kappa shape index (κ3) is 7.81. The summed E-state index contributed by atoms with van der Waals surface area (Å²) >= 11 is 0. The first-order valence-electron chi connectivity index (χ1n) is 6.13. The molecule has 0 aromatic heterocycles. The summed E-state index contributed by atoms with van der Waals surface area (Å²) in [5, 5.41) is 12.6. The highest BCUT2D eigenvalue weighted by molar-refractivity contribution is 7.90. The van der Waals surface area contributed by atoms with Crippen molar-refractivity contribution >= 4 is 9.84 Å². The van der Waals surface area contributed by atoms with E-state index in [2.05, 4.69) is 5.32 Å². The third-order valence-electron chi connectivity index (χ3n) is 2.46. The second kappa shape index (κ2) is 7.47. The lowest BCUT2D eigenvalue weighted by Crippen LogP contribution is -2.34. The summed E-state index contributed by atoms with van der Waals surface area (Å²) < 4.78 is 27.2. The molecule has 0 aliphatic carbocycles. The van der Waals surface area contributed by atoms with Gasteiger partial charge in [-0.2, -0.15) is 0 Å². The molecule has 1 unspecified atom stereocenters. The topological polar surface area (TPSA) is 75.6 Å². The minimum atomic E-state index is -2.96. The molecule has 1 rings (SSSR count). The monoisotopic (exact) mass is 287 g/mol. The molecule has 0 amide bonds. The van der Waals surface area contributed by atoms with Crippen LogP contribution in [0.15, 0.2) is 24.3 Å². The van der Waals surface area contributed by atoms with Crippen molar-refractivity contribution in [1.29, 1.82) is 0 Å². The van der Waals surface area contributed by atoms with Gasteiger partial charge >= 0.3 is 0 Å². The molecule has 0 bridgehead atoms. The number of hydrogen-bond donors (Lipinski definition) is 2. The minimum absolute atomic E-state index is 0.0679. The Balaban J connectivity index is 2.19. The van der Waals surface area contributed by atoms with E-state index in [0.717, 1.165) is 11.3 Å². The van der Waals surface area contributed by atoms with Crippen LogP contribution in [0.5, 0.6) is 5.75 Å². The number of aliphatic hydroxyl groups excluding tert-OH is 1. The predicted octanol–water partition coefficient (Wildman–Crippen LogP) is 0.369. The van der Waals surface area contributed by atoms with E-state index in [4.69, 9.17) is 4.74 Å². The van der Waals surface area contributed by atoms with Crippen molar-refractivity contribution in [2.45, 2.75) is 13.0 Å². The fraction of sp³-hybridized carbons (Fsp3) is 0.538. The number of rotatable bonds is 8. The zero-order valence-corrected chi connectivity index (χ0v) is 12.1. The maximum atomic E-state index is 10.9. The van der Waals surface area contributed by atoms with Gasteiger partial charge in [0.25, 0.3) is 0 Å². The van der Waals surface area contributed by atoms with Crippen molar-refractivity contribution in [3.8, 4) is 5.75 Å². The maximum absolute atomic E-state index is 10.9. The second-order valence-electron chi connectivity index (χ2n) is 4.62. The number of aryl methyl sites for hydroxylation is 1. The predicted molar refractivity (Wildman–Crippen MR) is 75.3 cm³/mol. The van der Waals surface area contributed by atoms with E-state index in [-0.39, 0.29) is 12.4 Å². The number of sulfone groups is 1. The highest BCUT2D eigenvalue weighted by atomic mass is 32.2. The first-order chi connectivity index (χ1) is 8.87. The van der Waals surface area contributed by atoms with Crippen LogP contribution in [-0.4, -0.2) is 51.3 Å². The molecular weight excluding hydrogens is 266 g/mol. The van der Waals surface area contributed by atoms with Gasteiger partial charge in [0, 0.05) is 19.3 Å².